The Morgan fingerprint density at radius 2 is 2.13 bits per heavy atom. The summed E-state index contributed by atoms with van der Waals surface area (Å²) in [6.07, 6.45) is 0.827. The molecule has 2 rings (SSSR count). The molecule has 0 spiro atoms. The zero-order chi connectivity index (χ0) is 10.8. The van der Waals surface area contributed by atoms with Gasteiger partial charge in [-0.3, -0.25) is 4.79 Å². The molecular formula is C11H8ClNOS. The summed E-state index contributed by atoms with van der Waals surface area (Å²) < 4.78 is 0. The average Bonchev–Trinajstić information content (AvgIpc) is 2.60. The first-order valence-corrected chi connectivity index (χ1v) is 5.59. The van der Waals surface area contributed by atoms with Crippen molar-refractivity contribution in [2.75, 3.05) is 0 Å². The van der Waals surface area contributed by atoms with Crippen LogP contribution in [0.4, 0.5) is 0 Å². The molecule has 0 aliphatic carbocycles. The zero-order valence-corrected chi connectivity index (χ0v) is 9.60. The van der Waals surface area contributed by atoms with Crippen molar-refractivity contribution >= 4 is 29.2 Å². The Morgan fingerprint density at radius 3 is 2.73 bits per heavy atom. The predicted molar refractivity (Wildman–Crippen MR) is 62.7 cm³/mol. The van der Waals surface area contributed by atoms with Gasteiger partial charge in [-0.25, -0.2) is 4.98 Å². The second-order valence-electron chi connectivity index (χ2n) is 3.07. The molecule has 0 radical (unpaired) electrons. The fourth-order valence-electron chi connectivity index (χ4n) is 1.27. The van der Waals surface area contributed by atoms with Gasteiger partial charge < -0.3 is 0 Å². The number of carbonyl (C=O) groups is 1. The minimum Gasteiger partial charge on any atom is -0.297 e. The largest absolute Gasteiger partial charge is 0.297 e. The maximum Gasteiger partial charge on any atom is 0.161 e. The van der Waals surface area contributed by atoms with Crippen molar-refractivity contribution in [1.82, 2.24) is 4.98 Å². The molecular weight excluding hydrogens is 230 g/mol. The quantitative estimate of drug-likeness (QED) is 0.748. The highest BCUT2D eigenvalue weighted by molar-refractivity contribution is 7.16. The van der Waals surface area contributed by atoms with Crippen molar-refractivity contribution in [3.05, 3.63) is 39.9 Å². The van der Waals surface area contributed by atoms with E-state index in [1.807, 2.05) is 31.2 Å². The Bertz CT molecular complexity index is 507. The number of carbonyl (C=O) groups excluding carboxylic acids is 1. The number of nitrogens with zero attached hydrogens (tertiary/aromatic N) is 1. The molecule has 2 aromatic rings. The smallest absolute Gasteiger partial charge is 0.161 e. The number of halogens is 1. The third-order valence-electron chi connectivity index (χ3n) is 2.04. The zero-order valence-electron chi connectivity index (χ0n) is 8.03. The van der Waals surface area contributed by atoms with E-state index in [-0.39, 0.29) is 0 Å². The standard InChI is InChI=1S/C11H8ClNOS/c1-7-10(6-14)15-11(13-7)8-4-2-3-5-9(8)12/h2-6H,1H3. The second kappa shape index (κ2) is 4.13. The number of benzene rings is 1. The van der Waals surface area contributed by atoms with Crippen LogP contribution in [0.3, 0.4) is 0 Å². The Morgan fingerprint density at radius 1 is 1.40 bits per heavy atom. The van der Waals surface area contributed by atoms with Crippen molar-refractivity contribution in [2.24, 2.45) is 0 Å². The number of thiazole rings is 1. The van der Waals surface area contributed by atoms with Crippen molar-refractivity contribution < 1.29 is 4.79 Å². The van der Waals surface area contributed by atoms with Gasteiger partial charge in [0.05, 0.1) is 15.6 Å². The number of aromatic nitrogens is 1. The van der Waals surface area contributed by atoms with Gasteiger partial charge in [0.1, 0.15) is 5.01 Å². The van der Waals surface area contributed by atoms with E-state index in [0.29, 0.717) is 9.90 Å². The molecule has 1 heterocycles. The highest BCUT2D eigenvalue weighted by Gasteiger charge is 2.10. The van der Waals surface area contributed by atoms with Crippen LogP contribution in [0.1, 0.15) is 15.4 Å². The van der Waals surface area contributed by atoms with Gasteiger partial charge >= 0.3 is 0 Å². The molecule has 0 fully saturated rings. The van der Waals surface area contributed by atoms with Gasteiger partial charge in [-0.1, -0.05) is 29.8 Å². The van der Waals surface area contributed by atoms with Crippen LogP contribution < -0.4 is 0 Å². The summed E-state index contributed by atoms with van der Waals surface area (Å²) in [5.74, 6) is 0. The SMILES string of the molecule is Cc1nc(-c2ccccc2Cl)sc1C=O. The van der Waals surface area contributed by atoms with E-state index >= 15 is 0 Å². The molecule has 0 saturated heterocycles. The minimum absolute atomic E-state index is 0.656. The molecule has 0 atom stereocenters. The fourth-order valence-corrected chi connectivity index (χ4v) is 2.47. The monoisotopic (exact) mass is 237 g/mol. The van der Waals surface area contributed by atoms with Crippen LogP contribution in [0.2, 0.25) is 5.02 Å². The van der Waals surface area contributed by atoms with E-state index in [1.165, 1.54) is 11.3 Å². The first-order valence-electron chi connectivity index (χ1n) is 4.40. The summed E-state index contributed by atoms with van der Waals surface area (Å²) in [7, 11) is 0. The third kappa shape index (κ3) is 1.94. The highest BCUT2D eigenvalue weighted by atomic mass is 35.5. The van der Waals surface area contributed by atoms with Gasteiger partial charge in [-0.05, 0) is 13.0 Å². The normalized spacial score (nSPS) is 10.3. The van der Waals surface area contributed by atoms with Crippen LogP contribution in [-0.4, -0.2) is 11.3 Å². The van der Waals surface area contributed by atoms with Gasteiger partial charge in [-0.2, -0.15) is 0 Å². The van der Waals surface area contributed by atoms with Crippen molar-refractivity contribution in [3.8, 4) is 10.6 Å². The maximum absolute atomic E-state index is 10.7. The highest BCUT2D eigenvalue weighted by Crippen LogP contribution is 2.31. The van der Waals surface area contributed by atoms with Gasteiger partial charge in [0, 0.05) is 5.56 Å². The second-order valence-corrected chi connectivity index (χ2v) is 4.50. The fraction of sp³-hybridized carbons (Fsp3) is 0.0909. The molecule has 1 aromatic heterocycles. The molecule has 0 amide bonds. The lowest BCUT2D eigenvalue weighted by Gasteiger charge is -1.97. The molecule has 0 bridgehead atoms. The molecule has 0 saturated carbocycles. The lowest BCUT2D eigenvalue weighted by molar-refractivity contribution is 0.112. The number of hydrogen-bond acceptors (Lipinski definition) is 3. The topological polar surface area (TPSA) is 30.0 Å². The Balaban J connectivity index is 2.55. The average molecular weight is 238 g/mol. The Kier molecular flexibility index (Phi) is 2.84. The van der Waals surface area contributed by atoms with E-state index in [1.54, 1.807) is 0 Å². The van der Waals surface area contributed by atoms with E-state index in [9.17, 15) is 4.79 Å². The van der Waals surface area contributed by atoms with Crippen LogP contribution in [-0.2, 0) is 0 Å². The number of hydrogen-bond donors (Lipinski definition) is 0. The molecule has 0 unspecified atom stereocenters. The van der Waals surface area contributed by atoms with Gasteiger partial charge in [0.15, 0.2) is 6.29 Å². The van der Waals surface area contributed by atoms with Crippen LogP contribution in [0.5, 0.6) is 0 Å². The van der Waals surface area contributed by atoms with Crippen LogP contribution in [0, 0.1) is 6.92 Å². The van der Waals surface area contributed by atoms with Crippen molar-refractivity contribution in [2.45, 2.75) is 6.92 Å². The lowest BCUT2D eigenvalue weighted by atomic mass is 10.2. The molecule has 0 N–H and O–H groups in total. The Hall–Kier alpha value is -1.19. The molecule has 4 heteroatoms. The van der Waals surface area contributed by atoms with Crippen LogP contribution in [0.15, 0.2) is 24.3 Å². The molecule has 0 aliphatic heterocycles. The summed E-state index contributed by atoms with van der Waals surface area (Å²) in [4.78, 5) is 15.7. The molecule has 1 aromatic carbocycles. The van der Waals surface area contributed by atoms with Gasteiger partial charge in [-0.15, -0.1) is 11.3 Å². The van der Waals surface area contributed by atoms with Crippen LogP contribution >= 0.6 is 22.9 Å². The summed E-state index contributed by atoms with van der Waals surface area (Å²) in [6, 6.07) is 7.48. The number of aldehydes is 1. The first kappa shape index (κ1) is 10.3. The van der Waals surface area contributed by atoms with Crippen LogP contribution in [0.25, 0.3) is 10.6 Å². The van der Waals surface area contributed by atoms with E-state index < -0.39 is 0 Å². The lowest BCUT2D eigenvalue weighted by Crippen LogP contribution is -1.79. The van der Waals surface area contributed by atoms with E-state index in [0.717, 1.165) is 22.6 Å². The molecule has 15 heavy (non-hydrogen) atoms. The van der Waals surface area contributed by atoms with Gasteiger partial charge in [0.2, 0.25) is 0 Å². The van der Waals surface area contributed by atoms with Gasteiger partial charge in [0.25, 0.3) is 0 Å². The summed E-state index contributed by atoms with van der Waals surface area (Å²) in [5.41, 5.74) is 1.63. The predicted octanol–water partition coefficient (Wildman–Crippen LogP) is 3.58. The summed E-state index contributed by atoms with van der Waals surface area (Å²) in [6.45, 7) is 1.82. The molecule has 0 aliphatic rings. The summed E-state index contributed by atoms with van der Waals surface area (Å²) in [5, 5.41) is 1.45. The summed E-state index contributed by atoms with van der Waals surface area (Å²) >= 11 is 7.41. The minimum atomic E-state index is 0.656. The third-order valence-corrected chi connectivity index (χ3v) is 3.49. The van der Waals surface area contributed by atoms with Crippen molar-refractivity contribution in [3.63, 3.8) is 0 Å². The Labute approximate surface area is 96.5 Å². The first-order chi connectivity index (χ1) is 7.22. The van der Waals surface area contributed by atoms with E-state index in [4.69, 9.17) is 11.6 Å². The molecule has 2 nitrogen and oxygen atoms in total. The number of rotatable bonds is 2. The van der Waals surface area contributed by atoms with Crippen molar-refractivity contribution in [1.29, 1.82) is 0 Å². The molecule has 76 valence electrons. The maximum atomic E-state index is 10.7. The number of aryl methyl sites for hydroxylation is 1. The van der Waals surface area contributed by atoms with E-state index in [2.05, 4.69) is 4.98 Å².